The van der Waals surface area contributed by atoms with Crippen LogP contribution in [0.15, 0.2) is 24.3 Å². The third kappa shape index (κ3) is 18.0. The number of carbonyl (C=O) groups is 5. The van der Waals surface area contributed by atoms with Gasteiger partial charge in [0.1, 0.15) is 0 Å². The Morgan fingerprint density at radius 2 is 1.14 bits per heavy atom. The molecule has 0 aromatic heterocycles. The van der Waals surface area contributed by atoms with Crippen LogP contribution >= 0.6 is 12.2 Å². The fourth-order valence-corrected chi connectivity index (χ4v) is 5.02. The lowest BCUT2D eigenvalue weighted by atomic mass is 9.99. The largest absolute Gasteiger partial charge is 0.480 e. The fraction of sp³-hybridized carbons (Fsp3) is 0.586. The van der Waals surface area contributed by atoms with E-state index in [4.69, 9.17) is 22.4 Å². The highest BCUT2D eigenvalue weighted by Gasteiger charge is 2.27. The zero-order chi connectivity index (χ0) is 32.4. The van der Waals surface area contributed by atoms with E-state index in [0.29, 0.717) is 6.42 Å². The van der Waals surface area contributed by atoms with E-state index in [0.717, 1.165) is 46.6 Å². The molecule has 0 aliphatic carbocycles. The van der Waals surface area contributed by atoms with Crippen LogP contribution in [0.3, 0.4) is 0 Å². The van der Waals surface area contributed by atoms with E-state index in [1.165, 1.54) is 16.2 Å². The Hall–Kier alpha value is -3.46. The zero-order valence-corrected chi connectivity index (χ0v) is 25.3. The number of benzene rings is 1. The van der Waals surface area contributed by atoms with Gasteiger partial charge in [0.25, 0.3) is 0 Å². The predicted octanol–water partition coefficient (Wildman–Crippen LogP) is 1.81. The molecule has 1 atom stereocenters. The first-order valence-electron chi connectivity index (χ1n) is 14.2. The van der Waals surface area contributed by atoms with Crippen LogP contribution in [0.2, 0.25) is 0 Å². The van der Waals surface area contributed by atoms with Crippen molar-refractivity contribution >= 4 is 46.9 Å². The number of carboxylic acids is 5. The Bertz CT molecular complexity index is 1050. The molecule has 1 aromatic carbocycles. The van der Waals surface area contributed by atoms with Crippen LogP contribution in [0.4, 0.5) is 0 Å². The lowest BCUT2D eigenvalue weighted by molar-refractivity contribution is -0.144. The summed E-state index contributed by atoms with van der Waals surface area (Å²) < 4.78 is 0. The van der Waals surface area contributed by atoms with Crippen molar-refractivity contribution < 1.29 is 49.5 Å². The highest BCUT2D eigenvalue weighted by Crippen LogP contribution is 2.15. The molecule has 1 unspecified atom stereocenters. The van der Waals surface area contributed by atoms with E-state index in [-0.39, 0.29) is 26.1 Å². The highest BCUT2D eigenvalue weighted by molar-refractivity contribution is 7.80. The van der Waals surface area contributed by atoms with Crippen LogP contribution in [0, 0.1) is 0 Å². The van der Waals surface area contributed by atoms with Gasteiger partial charge in [0.05, 0.1) is 32.7 Å². The van der Waals surface area contributed by atoms with Crippen molar-refractivity contribution in [3.05, 3.63) is 35.4 Å². The maximum atomic E-state index is 11.6. The molecule has 0 saturated heterocycles. The monoisotopic (exact) mass is 625 g/mol. The maximum Gasteiger partial charge on any atom is 0.317 e. The maximum absolute atomic E-state index is 11.6. The first-order valence-corrected chi connectivity index (χ1v) is 14.6. The molecule has 0 radical (unpaired) electrons. The van der Waals surface area contributed by atoms with E-state index >= 15 is 0 Å². The first-order chi connectivity index (χ1) is 20.3. The molecule has 14 heteroatoms. The van der Waals surface area contributed by atoms with E-state index < -0.39 is 68.6 Å². The minimum atomic E-state index is -1.26. The molecule has 0 heterocycles. The summed E-state index contributed by atoms with van der Waals surface area (Å²) in [7, 11) is 0. The number of unbranched alkanes of at least 4 members (excludes halogenated alkanes) is 3. The molecular weight excluding hydrogens is 582 g/mol. The molecule has 43 heavy (non-hydrogen) atoms. The summed E-state index contributed by atoms with van der Waals surface area (Å²) in [6.45, 7) is -0.925. The van der Waals surface area contributed by atoms with Crippen molar-refractivity contribution in [2.45, 2.75) is 57.9 Å². The lowest BCUT2D eigenvalue weighted by Crippen LogP contribution is -2.51. The minimum absolute atomic E-state index is 0.0496. The van der Waals surface area contributed by atoms with Gasteiger partial charge in [-0.1, -0.05) is 62.7 Å². The lowest BCUT2D eigenvalue weighted by Gasteiger charge is -2.34. The molecule has 1 aromatic rings. The molecule has 0 aliphatic rings. The Kier molecular flexibility index (Phi) is 17.9. The number of nitrogens with zero attached hydrogens (tertiary/aromatic N) is 3. The summed E-state index contributed by atoms with van der Waals surface area (Å²) in [5, 5.41) is 46.7. The van der Waals surface area contributed by atoms with E-state index in [2.05, 4.69) is 6.92 Å². The van der Waals surface area contributed by atoms with Crippen molar-refractivity contribution in [1.82, 2.24) is 14.7 Å². The molecule has 240 valence electrons. The van der Waals surface area contributed by atoms with Gasteiger partial charge < -0.3 is 25.5 Å². The highest BCUT2D eigenvalue weighted by atomic mass is 32.1. The number of aliphatic carboxylic acids is 5. The summed E-state index contributed by atoms with van der Waals surface area (Å²) >= 11 is 5.53. The van der Waals surface area contributed by atoms with Gasteiger partial charge in [-0.15, -0.1) is 0 Å². The van der Waals surface area contributed by atoms with E-state index in [1.807, 2.05) is 24.3 Å². The van der Waals surface area contributed by atoms with Crippen molar-refractivity contribution in [2.75, 3.05) is 52.4 Å². The number of rotatable bonds is 25. The smallest absolute Gasteiger partial charge is 0.317 e. The minimum Gasteiger partial charge on any atom is -0.480 e. The summed E-state index contributed by atoms with van der Waals surface area (Å²) in [5.74, 6) is -6.22. The van der Waals surface area contributed by atoms with Gasteiger partial charge in [-0.3, -0.25) is 38.7 Å². The number of carboxylic acid groups (broad SMARTS) is 5. The first kappa shape index (κ1) is 37.6. The molecule has 0 spiro atoms. The van der Waals surface area contributed by atoms with Gasteiger partial charge in [-0.05, 0) is 35.3 Å². The third-order valence-electron chi connectivity index (χ3n) is 6.68. The fourth-order valence-electron chi connectivity index (χ4n) is 4.70. The zero-order valence-electron chi connectivity index (χ0n) is 24.5. The van der Waals surface area contributed by atoms with Crippen LogP contribution in [0.25, 0.3) is 0 Å². The van der Waals surface area contributed by atoms with Crippen molar-refractivity contribution in [2.24, 2.45) is 0 Å². The SMILES string of the molecule is CCCCCCC(=S)Cc1ccc(CC(CN(CCN(CC(=O)O)CC(=O)O)CC(=O)O)N(CC(=O)O)CC(=O)O)cc1. The molecule has 0 fully saturated rings. The topological polar surface area (TPSA) is 196 Å². The Morgan fingerprint density at radius 1 is 0.674 bits per heavy atom. The Balaban J connectivity index is 3.15. The molecule has 0 aliphatic heterocycles. The van der Waals surface area contributed by atoms with Gasteiger partial charge in [0.2, 0.25) is 0 Å². The van der Waals surface area contributed by atoms with Gasteiger partial charge in [-0.25, -0.2) is 0 Å². The van der Waals surface area contributed by atoms with Gasteiger partial charge in [0, 0.05) is 32.1 Å². The molecular formula is C29H43N3O10S. The normalized spacial score (nSPS) is 12.0. The van der Waals surface area contributed by atoms with Crippen LogP contribution in [0.5, 0.6) is 0 Å². The molecule has 1 rings (SSSR count). The Labute approximate surface area is 256 Å². The molecule has 0 bridgehead atoms. The van der Waals surface area contributed by atoms with Crippen molar-refractivity contribution in [1.29, 1.82) is 0 Å². The summed E-state index contributed by atoms with van der Waals surface area (Å²) in [6.07, 6.45) is 6.22. The molecule has 0 amide bonds. The van der Waals surface area contributed by atoms with E-state index in [1.54, 1.807) is 0 Å². The molecule has 0 saturated carbocycles. The summed E-state index contributed by atoms with van der Waals surface area (Å²) in [5.41, 5.74) is 1.79. The number of hydrogen-bond donors (Lipinski definition) is 5. The summed E-state index contributed by atoms with van der Waals surface area (Å²) in [4.78, 5) is 62.0. The number of thiocarbonyl (C=S) groups is 1. The van der Waals surface area contributed by atoms with Gasteiger partial charge in [0.15, 0.2) is 0 Å². The van der Waals surface area contributed by atoms with Gasteiger partial charge >= 0.3 is 29.8 Å². The van der Waals surface area contributed by atoms with Crippen LogP contribution in [-0.2, 0) is 36.8 Å². The second-order valence-corrected chi connectivity index (χ2v) is 11.1. The predicted molar refractivity (Wildman–Crippen MR) is 162 cm³/mol. The standard InChI is InChI=1S/C29H43N3O10S/c1-2-3-4-5-6-24(43)14-22-9-7-21(8-10-22)13-23(32(19-28(39)40)20-29(41)42)15-30(16-25(33)34)11-12-31(17-26(35)36)18-27(37)38/h7-10,23H,2-6,11-20H2,1H3,(H,33,34)(H,35,36)(H,37,38)(H,39,40)(H,41,42). The average molecular weight is 626 g/mol. The quantitative estimate of drug-likeness (QED) is 0.0779. The third-order valence-corrected chi connectivity index (χ3v) is 7.02. The second-order valence-electron chi connectivity index (χ2n) is 10.5. The second kappa shape index (κ2) is 20.4. The number of hydrogen-bond acceptors (Lipinski definition) is 9. The molecule has 5 N–H and O–H groups in total. The van der Waals surface area contributed by atoms with Crippen LogP contribution in [-0.4, -0.2) is 133 Å². The average Bonchev–Trinajstić information content (AvgIpc) is 2.88. The van der Waals surface area contributed by atoms with Crippen molar-refractivity contribution in [3.63, 3.8) is 0 Å². The van der Waals surface area contributed by atoms with E-state index in [9.17, 15) is 39.3 Å². The molecule has 13 nitrogen and oxygen atoms in total. The Morgan fingerprint density at radius 3 is 1.63 bits per heavy atom. The summed E-state index contributed by atoms with van der Waals surface area (Å²) in [6, 6.07) is 6.78. The van der Waals surface area contributed by atoms with Crippen LogP contribution < -0.4 is 0 Å². The van der Waals surface area contributed by atoms with Gasteiger partial charge in [-0.2, -0.15) is 0 Å². The van der Waals surface area contributed by atoms with Crippen molar-refractivity contribution in [3.8, 4) is 0 Å². The van der Waals surface area contributed by atoms with Crippen LogP contribution in [0.1, 0.15) is 50.2 Å².